The molecule has 3 rings (SSSR count). The zero-order valence-corrected chi connectivity index (χ0v) is 19.2. The van der Waals surface area contributed by atoms with E-state index in [0.717, 1.165) is 6.26 Å². The van der Waals surface area contributed by atoms with Gasteiger partial charge < -0.3 is 10.1 Å². The summed E-state index contributed by atoms with van der Waals surface area (Å²) in [6, 6.07) is 12.1. The average Bonchev–Trinajstić information content (AvgIpc) is 2.78. The van der Waals surface area contributed by atoms with Gasteiger partial charge in [0.2, 0.25) is 20.0 Å². The Balaban J connectivity index is 1.70. The molecule has 1 aliphatic rings. The predicted octanol–water partition coefficient (Wildman–Crippen LogP) is 1.91. The topological polar surface area (TPSA) is 113 Å². The van der Waals surface area contributed by atoms with Crippen LogP contribution in [0.15, 0.2) is 66.1 Å². The average molecular weight is 480 g/mol. The van der Waals surface area contributed by atoms with Crippen molar-refractivity contribution < 1.29 is 26.4 Å². The SMILES string of the molecule is C=CCN(c1ccc(C(=O)Nc2ccc(S(=O)(=O)N3CCOCC3)cc2)cc1)S(C)(=O)=O. The quantitative estimate of drug-likeness (QED) is 0.579. The minimum absolute atomic E-state index is 0.115. The van der Waals surface area contributed by atoms with Crippen LogP contribution in [0.3, 0.4) is 0 Å². The maximum absolute atomic E-state index is 12.7. The van der Waals surface area contributed by atoms with E-state index in [2.05, 4.69) is 11.9 Å². The second-order valence-electron chi connectivity index (χ2n) is 7.12. The molecule has 11 heteroatoms. The first-order valence-electron chi connectivity index (χ1n) is 9.81. The number of sulfonamides is 2. The molecular formula is C21H25N3O6S2. The fraction of sp³-hybridized carbons (Fsp3) is 0.286. The van der Waals surface area contributed by atoms with Crippen molar-refractivity contribution in [3.8, 4) is 0 Å². The Morgan fingerprint density at radius 1 is 1.06 bits per heavy atom. The third-order valence-electron chi connectivity index (χ3n) is 4.83. The van der Waals surface area contributed by atoms with E-state index in [1.54, 1.807) is 0 Å². The second-order valence-corrected chi connectivity index (χ2v) is 11.0. The molecule has 0 spiro atoms. The van der Waals surface area contributed by atoms with Gasteiger partial charge in [0.05, 0.1) is 36.6 Å². The van der Waals surface area contributed by atoms with Gasteiger partial charge in [-0.2, -0.15) is 4.31 Å². The molecule has 32 heavy (non-hydrogen) atoms. The van der Waals surface area contributed by atoms with E-state index in [0.29, 0.717) is 43.2 Å². The Morgan fingerprint density at radius 2 is 1.66 bits per heavy atom. The van der Waals surface area contributed by atoms with E-state index in [9.17, 15) is 21.6 Å². The number of carbonyl (C=O) groups is 1. The first kappa shape index (κ1) is 23.9. The van der Waals surface area contributed by atoms with Crippen molar-refractivity contribution in [3.05, 3.63) is 66.7 Å². The van der Waals surface area contributed by atoms with E-state index in [1.165, 1.54) is 63.2 Å². The summed E-state index contributed by atoms with van der Waals surface area (Å²) < 4.78 is 57.0. The molecule has 0 aliphatic carbocycles. The lowest BCUT2D eigenvalue weighted by Gasteiger charge is -2.26. The maximum atomic E-state index is 12.7. The lowest BCUT2D eigenvalue weighted by atomic mass is 10.2. The number of ether oxygens (including phenoxy) is 1. The van der Waals surface area contributed by atoms with E-state index in [-0.39, 0.29) is 11.4 Å². The lowest BCUT2D eigenvalue weighted by molar-refractivity contribution is 0.0730. The minimum atomic E-state index is -3.61. The third-order valence-corrected chi connectivity index (χ3v) is 7.91. The highest BCUT2D eigenvalue weighted by Gasteiger charge is 2.26. The fourth-order valence-corrected chi connectivity index (χ4v) is 5.47. The summed E-state index contributed by atoms with van der Waals surface area (Å²) in [5.41, 5.74) is 1.18. The van der Waals surface area contributed by atoms with Crippen LogP contribution < -0.4 is 9.62 Å². The summed E-state index contributed by atoms with van der Waals surface area (Å²) in [5.74, 6) is -0.407. The van der Waals surface area contributed by atoms with Crippen LogP contribution in [0.2, 0.25) is 0 Å². The molecule has 0 unspecified atom stereocenters. The molecule has 2 aromatic carbocycles. The number of hydrogen-bond acceptors (Lipinski definition) is 6. The number of benzene rings is 2. The summed E-state index contributed by atoms with van der Waals surface area (Å²) in [4.78, 5) is 12.7. The van der Waals surface area contributed by atoms with Crippen molar-refractivity contribution in [1.82, 2.24) is 4.31 Å². The Labute approximate surface area is 188 Å². The van der Waals surface area contributed by atoms with Gasteiger partial charge in [0, 0.05) is 24.3 Å². The van der Waals surface area contributed by atoms with Crippen LogP contribution in [0.25, 0.3) is 0 Å². The van der Waals surface area contributed by atoms with Gasteiger partial charge in [-0.3, -0.25) is 9.10 Å². The number of carbonyl (C=O) groups excluding carboxylic acids is 1. The van der Waals surface area contributed by atoms with Crippen molar-refractivity contribution in [1.29, 1.82) is 0 Å². The maximum Gasteiger partial charge on any atom is 0.255 e. The van der Waals surface area contributed by atoms with Gasteiger partial charge in [-0.25, -0.2) is 16.8 Å². The molecule has 9 nitrogen and oxygen atoms in total. The van der Waals surface area contributed by atoms with Crippen molar-refractivity contribution >= 4 is 37.3 Å². The Kier molecular flexibility index (Phi) is 7.34. The molecule has 1 amide bonds. The lowest BCUT2D eigenvalue weighted by Crippen LogP contribution is -2.40. The molecular weight excluding hydrogens is 454 g/mol. The summed E-state index contributed by atoms with van der Waals surface area (Å²) in [6.07, 6.45) is 2.57. The monoisotopic (exact) mass is 479 g/mol. The van der Waals surface area contributed by atoms with Gasteiger partial charge in [0.15, 0.2) is 0 Å². The van der Waals surface area contributed by atoms with Crippen LogP contribution in [-0.2, 0) is 24.8 Å². The molecule has 1 heterocycles. The molecule has 0 saturated carbocycles. The molecule has 1 N–H and O–H groups in total. The number of morpholine rings is 1. The second kappa shape index (κ2) is 9.82. The van der Waals surface area contributed by atoms with Gasteiger partial charge in [0.1, 0.15) is 0 Å². The molecule has 0 aromatic heterocycles. The summed E-state index contributed by atoms with van der Waals surface area (Å²) in [7, 11) is -7.09. The number of anilines is 2. The number of rotatable bonds is 8. The van der Waals surface area contributed by atoms with Gasteiger partial charge in [-0.15, -0.1) is 6.58 Å². The van der Waals surface area contributed by atoms with Crippen LogP contribution >= 0.6 is 0 Å². The van der Waals surface area contributed by atoms with Crippen LogP contribution in [0.5, 0.6) is 0 Å². The highest BCUT2D eigenvalue weighted by atomic mass is 32.2. The largest absolute Gasteiger partial charge is 0.379 e. The Hall–Kier alpha value is -2.73. The predicted molar refractivity (Wildman–Crippen MR) is 123 cm³/mol. The van der Waals surface area contributed by atoms with E-state index in [4.69, 9.17) is 4.74 Å². The molecule has 2 aromatic rings. The first-order valence-corrected chi connectivity index (χ1v) is 13.1. The first-order chi connectivity index (χ1) is 15.1. The number of hydrogen-bond donors (Lipinski definition) is 1. The highest BCUT2D eigenvalue weighted by Crippen LogP contribution is 2.21. The molecule has 0 radical (unpaired) electrons. The normalized spacial score (nSPS) is 15.2. The van der Waals surface area contributed by atoms with Gasteiger partial charge in [-0.1, -0.05) is 6.08 Å². The zero-order valence-electron chi connectivity index (χ0n) is 17.6. The Morgan fingerprint density at radius 3 is 2.19 bits per heavy atom. The van der Waals surface area contributed by atoms with Crippen molar-refractivity contribution in [2.24, 2.45) is 0 Å². The van der Waals surface area contributed by atoms with E-state index in [1.807, 2.05) is 0 Å². The van der Waals surface area contributed by atoms with Crippen molar-refractivity contribution in [2.75, 3.05) is 48.7 Å². The van der Waals surface area contributed by atoms with Gasteiger partial charge >= 0.3 is 0 Å². The summed E-state index contributed by atoms with van der Waals surface area (Å²) in [5, 5.41) is 2.71. The minimum Gasteiger partial charge on any atom is -0.379 e. The smallest absolute Gasteiger partial charge is 0.255 e. The van der Waals surface area contributed by atoms with Crippen molar-refractivity contribution in [3.63, 3.8) is 0 Å². The molecule has 1 fully saturated rings. The molecule has 1 saturated heterocycles. The van der Waals surface area contributed by atoms with Crippen LogP contribution in [0, 0.1) is 0 Å². The summed E-state index contributed by atoms with van der Waals surface area (Å²) >= 11 is 0. The van der Waals surface area contributed by atoms with Crippen molar-refractivity contribution in [2.45, 2.75) is 4.90 Å². The van der Waals surface area contributed by atoms with Crippen LogP contribution in [-0.4, -0.2) is 66.2 Å². The fourth-order valence-electron chi connectivity index (χ4n) is 3.18. The summed E-state index contributed by atoms with van der Waals surface area (Å²) in [6.45, 7) is 5.02. The number of amides is 1. The molecule has 0 atom stereocenters. The number of nitrogens with one attached hydrogen (secondary N) is 1. The number of nitrogens with zero attached hydrogens (tertiary/aromatic N) is 2. The molecule has 172 valence electrons. The third kappa shape index (κ3) is 5.54. The van der Waals surface area contributed by atoms with E-state index < -0.39 is 26.0 Å². The van der Waals surface area contributed by atoms with Gasteiger partial charge in [0.25, 0.3) is 5.91 Å². The molecule has 1 aliphatic heterocycles. The Bertz CT molecular complexity index is 1170. The van der Waals surface area contributed by atoms with Gasteiger partial charge in [-0.05, 0) is 48.5 Å². The standard InChI is InChI=1S/C21H25N3O6S2/c1-3-12-24(31(2,26)27)19-8-4-17(5-9-19)21(25)22-18-6-10-20(11-7-18)32(28,29)23-13-15-30-16-14-23/h3-11H,1,12-16H2,2H3,(H,22,25). The van der Waals surface area contributed by atoms with E-state index >= 15 is 0 Å². The highest BCUT2D eigenvalue weighted by molar-refractivity contribution is 7.92. The molecule has 0 bridgehead atoms. The van der Waals surface area contributed by atoms with Crippen LogP contribution in [0.1, 0.15) is 10.4 Å². The zero-order chi connectivity index (χ0) is 23.4. The van der Waals surface area contributed by atoms with Crippen LogP contribution in [0.4, 0.5) is 11.4 Å².